The van der Waals surface area contributed by atoms with Crippen LogP contribution in [0.2, 0.25) is 0 Å². The third-order valence-electron chi connectivity index (χ3n) is 2.34. The summed E-state index contributed by atoms with van der Waals surface area (Å²) in [6, 6.07) is 2.37. The Balaban J connectivity index is 2.20. The highest BCUT2D eigenvalue weighted by Crippen LogP contribution is 2.22. The van der Waals surface area contributed by atoms with Gasteiger partial charge in [-0.25, -0.2) is 9.97 Å². The Morgan fingerprint density at radius 2 is 2.43 bits per heavy atom. The summed E-state index contributed by atoms with van der Waals surface area (Å²) in [5, 5.41) is 0. The molecular formula is C9H14N4S. The van der Waals surface area contributed by atoms with Gasteiger partial charge in [0.1, 0.15) is 18.0 Å². The first kappa shape index (κ1) is 9.58. The molecule has 2 N–H and O–H groups in total. The standard InChI is InChI=1S/C9H14N4S/c1-7-5-14-3-2-13(7)9-4-8(10)11-6-12-9/h4,6-7H,2-3,5H2,1H3,(H2,10,11,12). The fraction of sp³-hybridized carbons (Fsp3) is 0.556. The molecule has 5 heteroatoms. The van der Waals surface area contributed by atoms with Crippen molar-refractivity contribution in [2.75, 3.05) is 28.7 Å². The van der Waals surface area contributed by atoms with Gasteiger partial charge in [0, 0.05) is 30.2 Å². The van der Waals surface area contributed by atoms with Crippen molar-refractivity contribution in [2.24, 2.45) is 0 Å². The number of anilines is 2. The lowest BCUT2D eigenvalue weighted by atomic mass is 10.3. The number of aromatic nitrogens is 2. The van der Waals surface area contributed by atoms with Crippen molar-refractivity contribution < 1.29 is 0 Å². The minimum Gasteiger partial charge on any atom is -0.384 e. The van der Waals surface area contributed by atoms with E-state index in [1.807, 2.05) is 17.8 Å². The fourth-order valence-corrected chi connectivity index (χ4v) is 2.60. The third-order valence-corrected chi connectivity index (χ3v) is 3.53. The van der Waals surface area contributed by atoms with E-state index >= 15 is 0 Å². The molecule has 0 saturated carbocycles. The van der Waals surface area contributed by atoms with E-state index in [2.05, 4.69) is 21.8 Å². The Labute approximate surface area is 87.9 Å². The van der Waals surface area contributed by atoms with Crippen molar-refractivity contribution in [1.82, 2.24) is 9.97 Å². The largest absolute Gasteiger partial charge is 0.384 e. The Kier molecular flexibility index (Phi) is 2.77. The second-order valence-corrected chi connectivity index (χ2v) is 4.57. The summed E-state index contributed by atoms with van der Waals surface area (Å²) in [6.45, 7) is 3.26. The molecular weight excluding hydrogens is 196 g/mol. The molecule has 1 aromatic rings. The van der Waals surface area contributed by atoms with Crippen LogP contribution in [0.1, 0.15) is 6.92 Å². The Morgan fingerprint density at radius 1 is 1.57 bits per heavy atom. The molecule has 1 aliphatic heterocycles. The fourth-order valence-electron chi connectivity index (χ4n) is 1.59. The zero-order valence-corrected chi connectivity index (χ0v) is 9.00. The molecule has 14 heavy (non-hydrogen) atoms. The lowest BCUT2D eigenvalue weighted by molar-refractivity contribution is 0.689. The quantitative estimate of drug-likeness (QED) is 0.749. The van der Waals surface area contributed by atoms with Crippen LogP contribution in [0.15, 0.2) is 12.4 Å². The van der Waals surface area contributed by atoms with Crippen molar-refractivity contribution in [3.63, 3.8) is 0 Å². The normalized spacial score (nSPS) is 22.4. The molecule has 0 amide bonds. The number of nitrogen functional groups attached to an aromatic ring is 1. The molecule has 0 bridgehead atoms. The van der Waals surface area contributed by atoms with E-state index < -0.39 is 0 Å². The van der Waals surface area contributed by atoms with Gasteiger partial charge in [0.15, 0.2) is 0 Å². The van der Waals surface area contributed by atoms with Gasteiger partial charge in [-0.15, -0.1) is 0 Å². The van der Waals surface area contributed by atoms with Gasteiger partial charge in [0.2, 0.25) is 0 Å². The number of thioether (sulfide) groups is 1. The SMILES string of the molecule is CC1CSCCN1c1cc(N)ncn1. The van der Waals surface area contributed by atoms with E-state index in [1.54, 1.807) is 0 Å². The molecule has 0 aromatic carbocycles. The van der Waals surface area contributed by atoms with Crippen LogP contribution in [0, 0.1) is 0 Å². The Bertz CT molecular complexity index is 317. The lowest BCUT2D eigenvalue weighted by Crippen LogP contribution is -2.40. The zero-order valence-electron chi connectivity index (χ0n) is 8.18. The first-order valence-corrected chi connectivity index (χ1v) is 5.85. The van der Waals surface area contributed by atoms with Crippen LogP contribution in [0.25, 0.3) is 0 Å². The first-order valence-electron chi connectivity index (χ1n) is 4.69. The minimum atomic E-state index is 0.531. The summed E-state index contributed by atoms with van der Waals surface area (Å²) in [5.74, 6) is 3.81. The van der Waals surface area contributed by atoms with Crippen LogP contribution < -0.4 is 10.6 Å². The van der Waals surface area contributed by atoms with Crippen LogP contribution in [0.3, 0.4) is 0 Å². The van der Waals surface area contributed by atoms with Crippen molar-refractivity contribution in [3.8, 4) is 0 Å². The van der Waals surface area contributed by atoms with E-state index in [-0.39, 0.29) is 0 Å². The minimum absolute atomic E-state index is 0.531. The highest BCUT2D eigenvalue weighted by atomic mass is 32.2. The molecule has 1 atom stereocenters. The van der Waals surface area contributed by atoms with Crippen molar-refractivity contribution >= 4 is 23.4 Å². The average molecular weight is 210 g/mol. The second-order valence-electron chi connectivity index (χ2n) is 3.42. The van der Waals surface area contributed by atoms with Crippen molar-refractivity contribution in [2.45, 2.75) is 13.0 Å². The molecule has 1 saturated heterocycles. The molecule has 2 heterocycles. The van der Waals surface area contributed by atoms with Crippen LogP contribution in [-0.2, 0) is 0 Å². The molecule has 1 unspecified atom stereocenters. The average Bonchev–Trinajstić information content (AvgIpc) is 2.18. The van der Waals surface area contributed by atoms with E-state index in [0.717, 1.165) is 23.9 Å². The number of hydrogen-bond donors (Lipinski definition) is 1. The van der Waals surface area contributed by atoms with Gasteiger partial charge in [-0.1, -0.05) is 0 Å². The highest BCUT2D eigenvalue weighted by molar-refractivity contribution is 7.99. The maximum absolute atomic E-state index is 5.63. The topological polar surface area (TPSA) is 55.0 Å². The van der Waals surface area contributed by atoms with Crippen LogP contribution >= 0.6 is 11.8 Å². The molecule has 1 fully saturated rings. The van der Waals surface area contributed by atoms with Gasteiger partial charge < -0.3 is 10.6 Å². The molecule has 0 aliphatic carbocycles. The van der Waals surface area contributed by atoms with Gasteiger partial charge in [0.05, 0.1) is 0 Å². The predicted molar refractivity (Wildman–Crippen MR) is 60.6 cm³/mol. The Morgan fingerprint density at radius 3 is 3.14 bits per heavy atom. The lowest BCUT2D eigenvalue weighted by Gasteiger charge is -2.33. The summed E-state index contributed by atoms with van der Waals surface area (Å²) >= 11 is 1.99. The van der Waals surface area contributed by atoms with Gasteiger partial charge in [-0.05, 0) is 6.92 Å². The third kappa shape index (κ3) is 1.92. The number of hydrogen-bond acceptors (Lipinski definition) is 5. The molecule has 76 valence electrons. The van der Waals surface area contributed by atoms with Crippen LogP contribution in [-0.4, -0.2) is 34.1 Å². The predicted octanol–water partition coefficient (Wildman–Crippen LogP) is 1.00. The van der Waals surface area contributed by atoms with E-state index in [4.69, 9.17) is 5.73 Å². The van der Waals surface area contributed by atoms with Crippen LogP contribution in [0.4, 0.5) is 11.6 Å². The van der Waals surface area contributed by atoms with E-state index in [1.165, 1.54) is 6.33 Å². The number of nitrogens with zero attached hydrogens (tertiary/aromatic N) is 3. The van der Waals surface area contributed by atoms with Crippen molar-refractivity contribution in [3.05, 3.63) is 12.4 Å². The van der Waals surface area contributed by atoms with Gasteiger partial charge >= 0.3 is 0 Å². The smallest absolute Gasteiger partial charge is 0.134 e. The first-order chi connectivity index (χ1) is 6.77. The summed E-state index contributed by atoms with van der Waals surface area (Å²) in [6.07, 6.45) is 1.53. The molecule has 1 aliphatic rings. The molecule has 2 rings (SSSR count). The van der Waals surface area contributed by atoms with Crippen molar-refractivity contribution in [1.29, 1.82) is 0 Å². The molecule has 0 spiro atoms. The molecule has 0 radical (unpaired) electrons. The molecule has 1 aromatic heterocycles. The zero-order chi connectivity index (χ0) is 9.97. The molecule has 4 nitrogen and oxygen atoms in total. The van der Waals surface area contributed by atoms with E-state index in [9.17, 15) is 0 Å². The maximum atomic E-state index is 5.63. The summed E-state index contributed by atoms with van der Waals surface area (Å²) < 4.78 is 0. The maximum Gasteiger partial charge on any atom is 0.134 e. The summed E-state index contributed by atoms with van der Waals surface area (Å²) in [7, 11) is 0. The number of rotatable bonds is 1. The van der Waals surface area contributed by atoms with Crippen LogP contribution in [0.5, 0.6) is 0 Å². The number of nitrogens with two attached hydrogens (primary N) is 1. The van der Waals surface area contributed by atoms with Gasteiger partial charge in [0.25, 0.3) is 0 Å². The van der Waals surface area contributed by atoms with Gasteiger partial charge in [-0.2, -0.15) is 11.8 Å². The second kappa shape index (κ2) is 4.04. The Hall–Kier alpha value is -0.970. The summed E-state index contributed by atoms with van der Waals surface area (Å²) in [4.78, 5) is 10.4. The van der Waals surface area contributed by atoms with E-state index in [0.29, 0.717) is 11.9 Å². The summed E-state index contributed by atoms with van der Waals surface area (Å²) in [5.41, 5.74) is 5.63. The highest BCUT2D eigenvalue weighted by Gasteiger charge is 2.19. The van der Waals surface area contributed by atoms with Gasteiger partial charge in [-0.3, -0.25) is 0 Å². The monoisotopic (exact) mass is 210 g/mol.